The van der Waals surface area contributed by atoms with Gasteiger partial charge in [-0.1, -0.05) is 89.0 Å². The second kappa shape index (κ2) is 15.2. The molecule has 25 heavy (non-hydrogen) atoms. The first-order chi connectivity index (χ1) is 11.5. The molecular weight excluding hydrogens is 347 g/mol. The van der Waals surface area contributed by atoms with Gasteiger partial charge in [0.05, 0.1) is 6.61 Å². The van der Waals surface area contributed by atoms with Gasteiger partial charge in [0.2, 0.25) is 10.4 Å². The molecule has 0 fully saturated rings. The van der Waals surface area contributed by atoms with E-state index in [9.17, 15) is 13.0 Å². The van der Waals surface area contributed by atoms with Crippen LogP contribution in [0.25, 0.3) is 0 Å². The predicted octanol–water partition coefficient (Wildman–Crippen LogP) is 2.13. The van der Waals surface area contributed by atoms with Gasteiger partial charge in [0, 0.05) is 0 Å². The van der Waals surface area contributed by atoms with Crippen LogP contribution in [-0.2, 0) is 27.6 Å². The fraction of sp³-hybridized carbons (Fsp3) is 0.684. The van der Waals surface area contributed by atoms with Crippen LogP contribution in [-0.4, -0.2) is 13.0 Å². The quantitative estimate of drug-likeness (QED) is 0.215. The molecule has 0 saturated heterocycles. The zero-order valence-corrected chi connectivity index (χ0v) is 18.7. The number of hydrogen-bond acceptors (Lipinski definition) is 4. The van der Waals surface area contributed by atoms with E-state index in [2.05, 4.69) is 11.1 Å². The molecule has 0 bridgehead atoms. The molecule has 1 aromatic rings. The van der Waals surface area contributed by atoms with Crippen molar-refractivity contribution in [3.05, 3.63) is 35.4 Å². The number of hydrogen-bond donors (Lipinski definition) is 0. The predicted molar refractivity (Wildman–Crippen MR) is 96.5 cm³/mol. The number of aryl methyl sites for hydroxylation is 1. The smallest absolute Gasteiger partial charge is 0.726 e. The summed E-state index contributed by atoms with van der Waals surface area (Å²) in [7, 11) is -4.61. The number of benzene rings is 1. The van der Waals surface area contributed by atoms with Gasteiger partial charge in [0.25, 0.3) is 0 Å². The Labute approximate surface area is 176 Å². The average Bonchev–Trinajstić information content (AvgIpc) is 2.55. The van der Waals surface area contributed by atoms with Gasteiger partial charge in [0.1, 0.15) is 0 Å². The topological polar surface area (TPSA) is 66.4 Å². The van der Waals surface area contributed by atoms with Crippen molar-refractivity contribution in [1.29, 1.82) is 0 Å². The summed E-state index contributed by atoms with van der Waals surface area (Å²) in [6.07, 6.45) is 14.3. The van der Waals surface area contributed by atoms with Crippen LogP contribution in [0.1, 0.15) is 82.3 Å². The zero-order valence-electron chi connectivity index (χ0n) is 15.8. The molecule has 0 aliphatic rings. The Bertz CT molecular complexity index is 529. The summed E-state index contributed by atoms with van der Waals surface area (Å²) < 4.78 is 35.5. The minimum atomic E-state index is -4.61. The maximum absolute atomic E-state index is 10.4. The Morgan fingerprint density at radius 2 is 1.24 bits per heavy atom. The average molecular weight is 379 g/mol. The monoisotopic (exact) mass is 378 g/mol. The van der Waals surface area contributed by atoms with E-state index in [1.165, 1.54) is 69.8 Å². The summed E-state index contributed by atoms with van der Waals surface area (Å²) >= 11 is 0. The molecule has 4 nitrogen and oxygen atoms in total. The van der Waals surface area contributed by atoms with Gasteiger partial charge in [0.15, 0.2) is 0 Å². The van der Waals surface area contributed by atoms with Crippen molar-refractivity contribution in [1.82, 2.24) is 0 Å². The van der Waals surface area contributed by atoms with Crippen LogP contribution in [0.4, 0.5) is 0 Å². The molecular formula is C19H31NaO4S. The van der Waals surface area contributed by atoms with Gasteiger partial charge < -0.3 is 4.55 Å². The number of rotatable bonds is 14. The minimum absolute atomic E-state index is 0. The summed E-state index contributed by atoms with van der Waals surface area (Å²) in [5.41, 5.74) is 1.93. The first kappa shape index (κ1) is 25.1. The molecule has 0 saturated carbocycles. The van der Waals surface area contributed by atoms with E-state index < -0.39 is 10.4 Å². The summed E-state index contributed by atoms with van der Waals surface area (Å²) in [6, 6.07) is 7.58. The molecule has 1 rings (SSSR count). The van der Waals surface area contributed by atoms with Crippen molar-refractivity contribution in [3.8, 4) is 0 Å². The molecule has 0 heterocycles. The molecule has 0 unspecified atom stereocenters. The summed E-state index contributed by atoms with van der Waals surface area (Å²) in [5.74, 6) is 0. The first-order valence-electron chi connectivity index (χ1n) is 9.19. The first-order valence-corrected chi connectivity index (χ1v) is 10.5. The summed E-state index contributed by atoms with van der Waals surface area (Å²) in [6.45, 7) is 2.06. The van der Waals surface area contributed by atoms with Crippen molar-refractivity contribution in [3.63, 3.8) is 0 Å². The van der Waals surface area contributed by atoms with E-state index in [4.69, 9.17) is 0 Å². The second-order valence-electron chi connectivity index (χ2n) is 6.42. The summed E-state index contributed by atoms with van der Waals surface area (Å²) in [4.78, 5) is 0. The molecule has 0 N–H and O–H groups in total. The SMILES string of the molecule is CCCCCCCCCCCCc1ccc(COS(=O)(=O)[O-])cc1.[Na+]. The Balaban J connectivity index is 0.00000576. The molecule has 0 amide bonds. The van der Waals surface area contributed by atoms with Crippen molar-refractivity contribution in [2.24, 2.45) is 0 Å². The van der Waals surface area contributed by atoms with Crippen molar-refractivity contribution in [2.45, 2.75) is 84.2 Å². The molecule has 0 aromatic heterocycles. The van der Waals surface area contributed by atoms with Crippen LogP contribution in [0.3, 0.4) is 0 Å². The standard InChI is InChI=1S/C19H32O4S.Na/c1-2-3-4-5-6-7-8-9-10-11-12-18-13-15-19(16-14-18)17-23-24(20,21)22;/h13-16H,2-12,17H2,1H3,(H,20,21,22);/q;+1/p-1. The van der Waals surface area contributed by atoms with Gasteiger partial charge in [-0.05, 0) is 24.0 Å². The van der Waals surface area contributed by atoms with E-state index in [0.29, 0.717) is 5.56 Å². The van der Waals surface area contributed by atoms with Gasteiger partial charge in [-0.25, -0.2) is 8.42 Å². The van der Waals surface area contributed by atoms with Crippen LogP contribution >= 0.6 is 0 Å². The maximum Gasteiger partial charge on any atom is 1.00 e. The molecule has 0 aliphatic carbocycles. The van der Waals surface area contributed by atoms with Crippen molar-refractivity contribution in [2.75, 3.05) is 0 Å². The largest absolute Gasteiger partial charge is 1.00 e. The van der Waals surface area contributed by atoms with E-state index in [1.807, 2.05) is 24.3 Å². The zero-order chi connectivity index (χ0) is 17.7. The summed E-state index contributed by atoms with van der Waals surface area (Å²) in [5, 5.41) is 0. The van der Waals surface area contributed by atoms with Crippen molar-refractivity contribution < 1.29 is 46.7 Å². The fourth-order valence-electron chi connectivity index (χ4n) is 2.76. The van der Waals surface area contributed by atoms with Crippen LogP contribution < -0.4 is 29.6 Å². The molecule has 0 atom stereocenters. The van der Waals surface area contributed by atoms with Gasteiger partial charge in [-0.2, -0.15) is 0 Å². The van der Waals surface area contributed by atoms with E-state index in [1.54, 1.807) is 0 Å². The maximum atomic E-state index is 10.4. The second-order valence-corrected chi connectivity index (χ2v) is 7.47. The molecule has 6 heteroatoms. The third-order valence-corrected chi connectivity index (χ3v) is 4.62. The number of unbranched alkanes of at least 4 members (excludes halogenated alkanes) is 9. The van der Waals surface area contributed by atoms with Gasteiger partial charge >= 0.3 is 29.6 Å². The van der Waals surface area contributed by atoms with Crippen molar-refractivity contribution >= 4 is 10.4 Å². The Kier molecular flexibility index (Phi) is 15.2. The Morgan fingerprint density at radius 3 is 1.72 bits per heavy atom. The minimum Gasteiger partial charge on any atom is -0.726 e. The molecule has 0 radical (unpaired) electrons. The third-order valence-electron chi connectivity index (χ3n) is 4.21. The van der Waals surface area contributed by atoms with Gasteiger partial charge in [-0.3, -0.25) is 4.18 Å². The molecule has 0 aliphatic heterocycles. The van der Waals surface area contributed by atoms with E-state index in [-0.39, 0.29) is 36.2 Å². The van der Waals surface area contributed by atoms with E-state index >= 15 is 0 Å². The van der Waals surface area contributed by atoms with Crippen LogP contribution in [0, 0.1) is 0 Å². The molecule has 138 valence electrons. The van der Waals surface area contributed by atoms with E-state index in [0.717, 1.165) is 6.42 Å². The molecule has 0 spiro atoms. The Morgan fingerprint density at radius 1 is 0.800 bits per heavy atom. The fourth-order valence-corrected chi connectivity index (χ4v) is 3.04. The third kappa shape index (κ3) is 14.9. The van der Waals surface area contributed by atoms with Crippen LogP contribution in [0.15, 0.2) is 24.3 Å². The van der Waals surface area contributed by atoms with Crippen LogP contribution in [0.2, 0.25) is 0 Å². The molecule has 1 aromatic carbocycles. The Hall–Kier alpha value is 0.0900. The van der Waals surface area contributed by atoms with Gasteiger partial charge in [-0.15, -0.1) is 0 Å². The van der Waals surface area contributed by atoms with Crippen LogP contribution in [0.5, 0.6) is 0 Å². The normalized spacial score (nSPS) is 11.3.